The second-order valence-electron chi connectivity index (χ2n) is 6.94. The molecule has 1 saturated heterocycles. The van der Waals surface area contributed by atoms with Crippen LogP contribution in [0.2, 0.25) is 0 Å². The van der Waals surface area contributed by atoms with Gasteiger partial charge in [-0.1, -0.05) is 12.1 Å². The van der Waals surface area contributed by atoms with Crippen molar-refractivity contribution >= 4 is 15.7 Å². The number of hydrogen-bond donors (Lipinski definition) is 1. The van der Waals surface area contributed by atoms with Gasteiger partial charge in [0.1, 0.15) is 17.2 Å². The van der Waals surface area contributed by atoms with E-state index in [1.54, 1.807) is 18.2 Å². The lowest BCUT2D eigenvalue weighted by molar-refractivity contribution is -0.0779. The van der Waals surface area contributed by atoms with Gasteiger partial charge in [0.25, 0.3) is 0 Å². The second-order valence-corrected chi connectivity index (χ2v) is 9.24. The molecular formula is C19H22FNO6S. The third-order valence-corrected chi connectivity index (χ3v) is 6.64. The zero-order valence-electron chi connectivity index (χ0n) is 15.6. The van der Waals surface area contributed by atoms with Gasteiger partial charge in [-0.2, -0.15) is 0 Å². The van der Waals surface area contributed by atoms with Crippen LogP contribution < -0.4 is 0 Å². The maximum atomic E-state index is 13.2. The van der Waals surface area contributed by atoms with Crippen LogP contribution in [0.15, 0.2) is 34.7 Å². The average molecular weight is 411 g/mol. The molecule has 0 saturated carbocycles. The SMILES string of the molecule is CON(C)C(=O)c1oc(C2(O)CCS(=O)(=O)CC2)cc1Cc1ccc(F)cc1. The molecule has 3 rings (SSSR count). The Kier molecular flexibility index (Phi) is 5.60. The van der Waals surface area contributed by atoms with Crippen molar-refractivity contribution in [1.29, 1.82) is 0 Å². The van der Waals surface area contributed by atoms with E-state index in [-0.39, 0.29) is 48.1 Å². The Bertz CT molecular complexity index is 953. The van der Waals surface area contributed by atoms with Crippen molar-refractivity contribution in [3.8, 4) is 0 Å². The Morgan fingerprint density at radius 2 is 1.89 bits per heavy atom. The number of hydrogen-bond acceptors (Lipinski definition) is 6. The summed E-state index contributed by atoms with van der Waals surface area (Å²) >= 11 is 0. The number of carbonyl (C=O) groups is 1. The maximum Gasteiger partial charge on any atom is 0.313 e. The molecule has 1 amide bonds. The summed E-state index contributed by atoms with van der Waals surface area (Å²) in [6.07, 6.45) is 0.260. The summed E-state index contributed by atoms with van der Waals surface area (Å²) in [5.41, 5.74) is -0.217. The standard InChI is InChI=1S/C19H22FNO6S/c1-21(26-2)18(22)17-14(11-13-3-5-15(20)6-4-13)12-16(27-17)19(23)7-9-28(24,25)10-8-19/h3-6,12,23H,7-11H2,1-2H3. The fraction of sp³-hybridized carbons (Fsp3) is 0.421. The Hall–Kier alpha value is -2.23. The Labute approximate surface area is 162 Å². The molecule has 1 aliphatic rings. The molecule has 9 heteroatoms. The van der Waals surface area contributed by atoms with E-state index in [0.29, 0.717) is 5.56 Å². The van der Waals surface area contributed by atoms with Crippen molar-refractivity contribution < 1.29 is 32.0 Å². The largest absolute Gasteiger partial charge is 0.452 e. The number of furan rings is 1. The summed E-state index contributed by atoms with van der Waals surface area (Å²) in [4.78, 5) is 17.5. The number of hydroxylamine groups is 2. The van der Waals surface area contributed by atoms with Crippen molar-refractivity contribution in [3.63, 3.8) is 0 Å². The first-order chi connectivity index (χ1) is 13.1. The molecule has 28 heavy (non-hydrogen) atoms. The molecule has 0 unspecified atom stereocenters. The molecule has 1 aromatic carbocycles. The van der Waals surface area contributed by atoms with Crippen molar-refractivity contribution in [3.05, 3.63) is 58.8 Å². The summed E-state index contributed by atoms with van der Waals surface area (Å²) in [6, 6.07) is 7.39. The van der Waals surface area contributed by atoms with E-state index in [2.05, 4.69) is 0 Å². The molecule has 1 aliphatic heterocycles. The molecule has 0 atom stereocenters. The Morgan fingerprint density at radius 1 is 1.29 bits per heavy atom. The number of nitrogens with zero attached hydrogens (tertiary/aromatic N) is 1. The minimum Gasteiger partial charge on any atom is -0.452 e. The summed E-state index contributed by atoms with van der Waals surface area (Å²) in [5.74, 6) is -1.09. The van der Waals surface area contributed by atoms with Crippen LogP contribution in [-0.2, 0) is 26.7 Å². The lowest BCUT2D eigenvalue weighted by Crippen LogP contribution is -2.36. The van der Waals surface area contributed by atoms with E-state index in [4.69, 9.17) is 9.25 Å². The van der Waals surface area contributed by atoms with Gasteiger partial charge in [-0.05, 0) is 36.6 Å². The topological polar surface area (TPSA) is 97.0 Å². The fourth-order valence-corrected chi connectivity index (χ4v) is 4.64. The minimum atomic E-state index is -3.18. The molecule has 2 aromatic rings. The molecular weight excluding hydrogens is 389 g/mol. The molecule has 1 N–H and O–H groups in total. The van der Waals surface area contributed by atoms with Crippen molar-refractivity contribution in [2.75, 3.05) is 25.7 Å². The van der Waals surface area contributed by atoms with Gasteiger partial charge in [-0.15, -0.1) is 0 Å². The van der Waals surface area contributed by atoms with E-state index in [0.717, 1.165) is 10.6 Å². The molecule has 0 bridgehead atoms. The van der Waals surface area contributed by atoms with E-state index < -0.39 is 21.3 Å². The number of benzene rings is 1. The van der Waals surface area contributed by atoms with Crippen LogP contribution in [0.25, 0.3) is 0 Å². The predicted octanol–water partition coefficient (Wildman–Crippen LogP) is 2.04. The van der Waals surface area contributed by atoms with Gasteiger partial charge in [0.2, 0.25) is 0 Å². The zero-order valence-corrected chi connectivity index (χ0v) is 16.5. The number of amides is 1. The third kappa shape index (κ3) is 4.26. The Morgan fingerprint density at radius 3 is 2.46 bits per heavy atom. The zero-order chi connectivity index (χ0) is 20.5. The number of carbonyl (C=O) groups excluding carboxylic acids is 1. The van der Waals surface area contributed by atoms with E-state index in [1.807, 2.05) is 0 Å². The summed E-state index contributed by atoms with van der Waals surface area (Å²) in [7, 11) is -0.425. The summed E-state index contributed by atoms with van der Waals surface area (Å²) in [6.45, 7) is 0. The molecule has 0 spiro atoms. The van der Waals surface area contributed by atoms with Crippen molar-refractivity contribution in [2.24, 2.45) is 0 Å². The van der Waals surface area contributed by atoms with Crippen LogP contribution in [0, 0.1) is 5.82 Å². The van der Waals surface area contributed by atoms with Gasteiger partial charge in [-0.3, -0.25) is 9.63 Å². The first kappa shape index (κ1) is 20.5. The highest BCUT2D eigenvalue weighted by molar-refractivity contribution is 7.91. The van der Waals surface area contributed by atoms with E-state index in [1.165, 1.54) is 26.3 Å². The molecule has 1 aromatic heterocycles. The van der Waals surface area contributed by atoms with Crippen LogP contribution in [0.1, 0.15) is 40.3 Å². The van der Waals surface area contributed by atoms with Gasteiger partial charge in [0.05, 0.1) is 18.6 Å². The molecule has 1 fully saturated rings. The smallest absolute Gasteiger partial charge is 0.313 e. The van der Waals surface area contributed by atoms with E-state index >= 15 is 0 Å². The van der Waals surface area contributed by atoms with Gasteiger partial charge in [-0.25, -0.2) is 17.9 Å². The quantitative estimate of drug-likeness (QED) is 0.757. The first-order valence-electron chi connectivity index (χ1n) is 8.76. The van der Waals surface area contributed by atoms with Crippen LogP contribution in [-0.4, -0.2) is 50.2 Å². The highest BCUT2D eigenvalue weighted by atomic mass is 32.2. The van der Waals surface area contributed by atoms with Crippen molar-refractivity contribution in [2.45, 2.75) is 24.9 Å². The lowest BCUT2D eigenvalue weighted by Gasteiger charge is -2.29. The molecule has 152 valence electrons. The normalized spacial score (nSPS) is 18.0. The minimum absolute atomic E-state index is 0.00736. The number of aliphatic hydroxyl groups is 1. The van der Waals surface area contributed by atoms with Gasteiger partial charge in [0.15, 0.2) is 15.6 Å². The monoisotopic (exact) mass is 411 g/mol. The fourth-order valence-electron chi connectivity index (χ4n) is 3.14. The second kappa shape index (κ2) is 7.65. The lowest BCUT2D eigenvalue weighted by atomic mass is 9.93. The number of sulfone groups is 1. The highest BCUT2D eigenvalue weighted by Crippen LogP contribution is 2.37. The third-order valence-electron chi connectivity index (χ3n) is 4.98. The van der Waals surface area contributed by atoms with Gasteiger partial charge in [0, 0.05) is 19.0 Å². The highest BCUT2D eigenvalue weighted by Gasteiger charge is 2.40. The molecule has 7 nitrogen and oxygen atoms in total. The number of rotatable bonds is 5. The van der Waals surface area contributed by atoms with Gasteiger partial charge < -0.3 is 9.52 Å². The average Bonchev–Trinajstić information content (AvgIpc) is 3.09. The van der Waals surface area contributed by atoms with Crippen LogP contribution in [0.3, 0.4) is 0 Å². The summed E-state index contributed by atoms with van der Waals surface area (Å²) < 4.78 is 42.3. The molecule has 0 aliphatic carbocycles. The first-order valence-corrected chi connectivity index (χ1v) is 10.6. The van der Waals surface area contributed by atoms with Crippen LogP contribution >= 0.6 is 0 Å². The number of halogens is 1. The van der Waals surface area contributed by atoms with E-state index in [9.17, 15) is 22.7 Å². The summed E-state index contributed by atoms with van der Waals surface area (Å²) in [5, 5.41) is 11.9. The van der Waals surface area contributed by atoms with Crippen LogP contribution in [0.5, 0.6) is 0 Å². The molecule has 0 radical (unpaired) electrons. The Balaban J connectivity index is 1.97. The van der Waals surface area contributed by atoms with Crippen LogP contribution in [0.4, 0.5) is 4.39 Å². The van der Waals surface area contributed by atoms with Gasteiger partial charge >= 0.3 is 5.91 Å². The molecule has 2 heterocycles. The van der Waals surface area contributed by atoms with Crippen molar-refractivity contribution in [1.82, 2.24) is 5.06 Å². The predicted molar refractivity (Wildman–Crippen MR) is 98.8 cm³/mol. The maximum absolute atomic E-state index is 13.2.